The average Bonchev–Trinajstić information content (AvgIpc) is 2.84. The van der Waals surface area contributed by atoms with Gasteiger partial charge in [0.2, 0.25) is 0 Å². The van der Waals surface area contributed by atoms with E-state index in [1.54, 1.807) is 6.26 Å². The van der Waals surface area contributed by atoms with Crippen LogP contribution in [0.25, 0.3) is 0 Å². The minimum Gasteiger partial charge on any atom is -0.502 e. The van der Waals surface area contributed by atoms with Crippen molar-refractivity contribution in [3.05, 3.63) is 12.8 Å². The van der Waals surface area contributed by atoms with Crippen LogP contribution in [0.15, 0.2) is 12.8 Å². The van der Waals surface area contributed by atoms with Gasteiger partial charge in [-0.2, -0.15) is 0 Å². The van der Waals surface area contributed by atoms with Crippen LogP contribution in [0.4, 0.5) is 0 Å². The third kappa shape index (κ3) is 2.01. The first kappa shape index (κ1) is 12.0. The molecule has 0 aromatic carbocycles. The summed E-state index contributed by atoms with van der Waals surface area (Å²) in [5.74, 6) is 4.79. The van der Waals surface area contributed by atoms with E-state index in [4.69, 9.17) is 4.74 Å². The normalized spacial score (nSPS) is 41.2. The zero-order valence-corrected chi connectivity index (χ0v) is 10.8. The predicted octanol–water partition coefficient (Wildman–Crippen LogP) is 4.25. The SMILES string of the molecule is C=COCC1CC2CC1C(CC)C2CCC. The van der Waals surface area contributed by atoms with Crippen LogP contribution in [0.2, 0.25) is 0 Å². The average molecular weight is 222 g/mol. The maximum atomic E-state index is 5.42. The van der Waals surface area contributed by atoms with Crippen LogP contribution in [0.3, 0.4) is 0 Å². The van der Waals surface area contributed by atoms with Crippen molar-refractivity contribution in [1.29, 1.82) is 0 Å². The third-order valence-corrected chi connectivity index (χ3v) is 5.01. The molecule has 16 heavy (non-hydrogen) atoms. The summed E-state index contributed by atoms with van der Waals surface area (Å²) in [7, 11) is 0. The summed E-state index contributed by atoms with van der Waals surface area (Å²) in [5.41, 5.74) is 0. The quantitative estimate of drug-likeness (QED) is 0.611. The van der Waals surface area contributed by atoms with E-state index in [2.05, 4.69) is 20.4 Å². The first-order valence-corrected chi connectivity index (χ1v) is 7.04. The number of ether oxygens (including phenoxy) is 1. The van der Waals surface area contributed by atoms with Crippen molar-refractivity contribution < 1.29 is 4.74 Å². The summed E-state index contributed by atoms with van der Waals surface area (Å²) >= 11 is 0. The lowest BCUT2D eigenvalue weighted by Gasteiger charge is -2.35. The smallest absolute Gasteiger partial charge is 0.0903 e. The number of fused-ring (bicyclic) bond motifs is 2. The van der Waals surface area contributed by atoms with Crippen molar-refractivity contribution in [2.75, 3.05) is 6.61 Å². The van der Waals surface area contributed by atoms with Gasteiger partial charge >= 0.3 is 0 Å². The molecule has 2 aliphatic carbocycles. The van der Waals surface area contributed by atoms with E-state index in [0.717, 1.165) is 36.2 Å². The topological polar surface area (TPSA) is 9.23 Å². The molecule has 0 aliphatic heterocycles. The fraction of sp³-hybridized carbons (Fsp3) is 0.867. The van der Waals surface area contributed by atoms with E-state index >= 15 is 0 Å². The summed E-state index contributed by atoms with van der Waals surface area (Å²) in [5, 5.41) is 0. The molecule has 0 aromatic heterocycles. The second kappa shape index (κ2) is 5.25. The maximum Gasteiger partial charge on any atom is 0.0903 e. The molecule has 2 saturated carbocycles. The van der Waals surface area contributed by atoms with Gasteiger partial charge in [0.1, 0.15) is 0 Å². The Bertz CT molecular complexity index is 236. The van der Waals surface area contributed by atoms with E-state index in [-0.39, 0.29) is 0 Å². The lowest BCUT2D eigenvalue weighted by Crippen LogP contribution is -2.29. The fourth-order valence-corrected chi connectivity index (χ4v) is 4.51. The summed E-state index contributed by atoms with van der Waals surface area (Å²) in [4.78, 5) is 0. The molecule has 2 fully saturated rings. The Balaban J connectivity index is 1.96. The molecule has 0 saturated heterocycles. The molecule has 0 N–H and O–H groups in total. The molecule has 0 heterocycles. The molecule has 92 valence electrons. The van der Waals surface area contributed by atoms with Crippen LogP contribution in [-0.4, -0.2) is 6.61 Å². The molecular weight excluding hydrogens is 196 g/mol. The Morgan fingerprint density at radius 2 is 2.06 bits per heavy atom. The van der Waals surface area contributed by atoms with Crippen LogP contribution in [0, 0.1) is 29.6 Å². The van der Waals surface area contributed by atoms with Crippen molar-refractivity contribution in [2.45, 2.75) is 46.0 Å². The summed E-state index contributed by atoms with van der Waals surface area (Å²) in [6.07, 6.45) is 8.69. The van der Waals surface area contributed by atoms with Crippen LogP contribution >= 0.6 is 0 Å². The molecule has 2 bridgehead atoms. The second-order valence-corrected chi connectivity index (χ2v) is 5.68. The Morgan fingerprint density at radius 3 is 2.69 bits per heavy atom. The standard InChI is InChI=1S/C15H26O/c1-4-7-14-11-8-12(10-16-6-3)15(9-11)13(14)5-2/h6,11-15H,3-5,7-10H2,1-2H3. The Hall–Kier alpha value is -0.460. The molecule has 2 aliphatic rings. The highest BCUT2D eigenvalue weighted by Gasteiger charge is 2.50. The van der Waals surface area contributed by atoms with E-state index in [0.29, 0.717) is 0 Å². The van der Waals surface area contributed by atoms with Crippen molar-refractivity contribution in [1.82, 2.24) is 0 Å². The zero-order chi connectivity index (χ0) is 11.5. The maximum absolute atomic E-state index is 5.42. The molecule has 1 nitrogen and oxygen atoms in total. The first-order valence-electron chi connectivity index (χ1n) is 7.04. The summed E-state index contributed by atoms with van der Waals surface area (Å²) in [6.45, 7) is 9.27. The number of rotatable bonds is 6. The lowest BCUT2D eigenvalue weighted by atomic mass is 9.71. The van der Waals surface area contributed by atoms with Crippen LogP contribution in [-0.2, 0) is 4.74 Å². The molecular formula is C15H26O. The van der Waals surface area contributed by atoms with Gasteiger partial charge in [0.15, 0.2) is 0 Å². The Labute approximate surface area is 100 Å². The molecule has 0 radical (unpaired) electrons. The van der Waals surface area contributed by atoms with Gasteiger partial charge in [-0.1, -0.05) is 39.7 Å². The molecule has 5 atom stereocenters. The monoisotopic (exact) mass is 222 g/mol. The highest BCUT2D eigenvalue weighted by molar-refractivity contribution is 4.99. The number of hydrogen-bond acceptors (Lipinski definition) is 1. The summed E-state index contributed by atoms with van der Waals surface area (Å²) in [6, 6.07) is 0. The minimum atomic E-state index is 0.820. The van der Waals surface area contributed by atoms with Gasteiger partial charge in [-0.25, -0.2) is 0 Å². The zero-order valence-electron chi connectivity index (χ0n) is 10.8. The van der Waals surface area contributed by atoms with Gasteiger partial charge in [-0.3, -0.25) is 0 Å². The fourth-order valence-electron chi connectivity index (χ4n) is 4.51. The van der Waals surface area contributed by atoms with E-state index in [1.807, 2.05) is 0 Å². The van der Waals surface area contributed by atoms with Gasteiger partial charge in [-0.15, -0.1) is 0 Å². The van der Waals surface area contributed by atoms with Crippen LogP contribution in [0.1, 0.15) is 46.0 Å². The van der Waals surface area contributed by atoms with E-state index in [1.165, 1.54) is 32.1 Å². The number of hydrogen-bond donors (Lipinski definition) is 0. The lowest BCUT2D eigenvalue weighted by molar-refractivity contribution is 0.0902. The Morgan fingerprint density at radius 1 is 1.25 bits per heavy atom. The highest BCUT2D eigenvalue weighted by Crippen LogP contribution is 2.57. The largest absolute Gasteiger partial charge is 0.502 e. The third-order valence-electron chi connectivity index (χ3n) is 5.01. The van der Waals surface area contributed by atoms with Crippen molar-refractivity contribution in [3.8, 4) is 0 Å². The van der Waals surface area contributed by atoms with E-state index in [9.17, 15) is 0 Å². The highest BCUT2D eigenvalue weighted by atomic mass is 16.5. The van der Waals surface area contributed by atoms with Crippen molar-refractivity contribution in [3.63, 3.8) is 0 Å². The predicted molar refractivity (Wildman–Crippen MR) is 68.0 cm³/mol. The molecule has 1 heteroatoms. The van der Waals surface area contributed by atoms with Crippen molar-refractivity contribution in [2.24, 2.45) is 29.6 Å². The van der Waals surface area contributed by atoms with Gasteiger partial charge in [0, 0.05) is 0 Å². The summed E-state index contributed by atoms with van der Waals surface area (Å²) < 4.78 is 5.42. The van der Waals surface area contributed by atoms with Crippen molar-refractivity contribution >= 4 is 0 Å². The van der Waals surface area contributed by atoms with Gasteiger partial charge < -0.3 is 4.74 Å². The molecule has 5 unspecified atom stereocenters. The second-order valence-electron chi connectivity index (χ2n) is 5.68. The van der Waals surface area contributed by atoms with Gasteiger partial charge in [0.25, 0.3) is 0 Å². The van der Waals surface area contributed by atoms with Crippen LogP contribution in [0.5, 0.6) is 0 Å². The molecule has 2 rings (SSSR count). The van der Waals surface area contributed by atoms with Crippen LogP contribution < -0.4 is 0 Å². The van der Waals surface area contributed by atoms with E-state index < -0.39 is 0 Å². The molecule has 0 spiro atoms. The molecule has 0 aromatic rings. The van der Waals surface area contributed by atoms with Gasteiger partial charge in [0.05, 0.1) is 12.9 Å². The first-order chi connectivity index (χ1) is 7.81. The Kier molecular flexibility index (Phi) is 3.94. The molecule has 0 amide bonds. The van der Waals surface area contributed by atoms with Gasteiger partial charge in [-0.05, 0) is 42.4 Å². The minimum absolute atomic E-state index is 0.820.